The van der Waals surface area contributed by atoms with Gasteiger partial charge in [0.15, 0.2) is 0 Å². The molecule has 0 aromatic heterocycles. The summed E-state index contributed by atoms with van der Waals surface area (Å²) in [6.45, 7) is 3.92. The number of carbonyl (C=O) groups is 1. The summed E-state index contributed by atoms with van der Waals surface area (Å²) >= 11 is 5.81. The summed E-state index contributed by atoms with van der Waals surface area (Å²) in [5.41, 5.74) is -0.0220. The van der Waals surface area contributed by atoms with Gasteiger partial charge in [0.2, 0.25) is 0 Å². The zero-order valence-corrected chi connectivity index (χ0v) is 17.5. The second-order valence-electron chi connectivity index (χ2n) is 8.54. The Kier molecular flexibility index (Phi) is 6.24. The van der Waals surface area contributed by atoms with Gasteiger partial charge in [0.05, 0.1) is 5.56 Å². The third kappa shape index (κ3) is 4.44. The summed E-state index contributed by atoms with van der Waals surface area (Å²) in [4.78, 5) is 12.3. The number of ether oxygens (including phenoxy) is 1. The minimum Gasteiger partial charge on any atom is -0.423 e. The van der Waals surface area contributed by atoms with Gasteiger partial charge in [0.1, 0.15) is 17.4 Å². The molecular formula is C25H25ClF2O2. The van der Waals surface area contributed by atoms with Crippen molar-refractivity contribution in [2.24, 2.45) is 17.8 Å². The van der Waals surface area contributed by atoms with Crippen molar-refractivity contribution in [3.63, 3.8) is 0 Å². The van der Waals surface area contributed by atoms with Crippen molar-refractivity contribution in [1.29, 1.82) is 0 Å². The molecule has 0 radical (unpaired) electrons. The predicted octanol–water partition coefficient (Wildman–Crippen LogP) is 7.32. The highest BCUT2D eigenvalue weighted by atomic mass is 35.5. The van der Waals surface area contributed by atoms with E-state index < -0.39 is 17.6 Å². The zero-order chi connectivity index (χ0) is 21.3. The SMILES string of the molecule is C=CC1CCC2CC(c3c(F)cc(C(=O)Oc4ccc(Cl)cc4)cc3F)CCC2C1. The van der Waals surface area contributed by atoms with E-state index in [1.807, 2.05) is 6.08 Å². The molecule has 0 heterocycles. The Morgan fingerprint density at radius 2 is 1.63 bits per heavy atom. The van der Waals surface area contributed by atoms with Crippen molar-refractivity contribution < 1.29 is 18.3 Å². The molecule has 2 nitrogen and oxygen atoms in total. The molecule has 2 saturated carbocycles. The quantitative estimate of drug-likeness (QED) is 0.288. The predicted molar refractivity (Wildman–Crippen MR) is 114 cm³/mol. The van der Waals surface area contributed by atoms with E-state index in [0.29, 0.717) is 22.8 Å². The second kappa shape index (κ2) is 8.89. The van der Waals surface area contributed by atoms with Crippen LogP contribution in [0.3, 0.4) is 0 Å². The van der Waals surface area contributed by atoms with Gasteiger partial charge >= 0.3 is 5.97 Å². The number of allylic oxidation sites excluding steroid dienone is 1. The van der Waals surface area contributed by atoms with Crippen LogP contribution in [0.15, 0.2) is 49.1 Å². The summed E-state index contributed by atoms with van der Waals surface area (Å²) in [6, 6.07) is 8.40. The highest BCUT2D eigenvalue weighted by Gasteiger charge is 2.37. The summed E-state index contributed by atoms with van der Waals surface area (Å²) in [5.74, 6) is -0.306. The van der Waals surface area contributed by atoms with E-state index in [0.717, 1.165) is 50.7 Å². The fourth-order valence-electron chi connectivity index (χ4n) is 5.16. The molecule has 5 heteroatoms. The summed E-state index contributed by atoms with van der Waals surface area (Å²) in [7, 11) is 0. The summed E-state index contributed by atoms with van der Waals surface area (Å²) < 4.78 is 35.0. The van der Waals surface area contributed by atoms with Crippen LogP contribution in [-0.2, 0) is 0 Å². The van der Waals surface area contributed by atoms with Gasteiger partial charge in [-0.25, -0.2) is 13.6 Å². The molecule has 30 heavy (non-hydrogen) atoms. The van der Waals surface area contributed by atoms with Crippen molar-refractivity contribution in [1.82, 2.24) is 0 Å². The summed E-state index contributed by atoms with van der Waals surface area (Å²) in [6.07, 6.45) is 7.94. The summed E-state index contributed by atoms with van der Waals surface area (Å²) in [5, 5.41) is 0.504. The van der Waals surface area contributed by atoms with E-state index in [9.17, 15) is 13.6 Å². The van der Waals surface area contributed by atoms with E-state index in [-0.39, 0.29) is 22.8 Å². The first kappa shape index (κ1) is 21.0. The van der Waals surface area contributed by atoms with Crippen LogP contribution in [0.25, 0.3) is 0 Å². The lowest BCUT2D eigenvalue weighted by Gasteiger charge is -2.41. The van der Waals surface area contributed by atoms with Gasteiger partial charge in [0, 0.05) is 10.6 Å². The first-order valence-corrected chi connectivity index (χ1v) is 10.9. The van der Waals surface area contributed by atoms with Crippen molar-refractivity contribution >= 4 is 17.6 Å². The molecule has 0 bridgehead atoms. The number of hydrogen-bond donors (Lipinski definition) is 0. The fourth-order valence-corrected chi connectivity index (χ4v) is 5.29. The highest BCUT2D eigenvalue weighted by molar-refractivity contribution is 6.30. The number of carbonyl (C=O) groups excluding carboxylic acids is 1. The molecule has 2 aliphatic rings. The molecule has 0 N–H and O–H groups in total. The molecule has 0 saturated heterocycles. The monoisotopic (exact) mass is 430 g/mol. The van der Waals surface area contributed by atoms with Gasteiger partial charge in [0.25, 0.3) is 0 Å². The normalized spacial score (nSPS) is 26.0. The lowest BCUT2D eigenvalue weighted by molar-refractivity contribution is 0.0733. The molecule has 2 fully saturated rings. The molecule has 0 spiro atoms. The van der Waals surface area contributed by atoms with E-state index >= 15 is 0 Å². The van der Waals surface area contributed by atoms with Crippen LogP contribution in [0.5, 0.6) is 5.75 Å². The molecule has 158 valence electrons. The highest BCUT2D eigenvalue weighted by Crippen LogP contribution is 2.48. The number of hydrogen-bond acceptors (Lipinski definition) is 2. The number of fused-ring (bicyclic) bond motifs is 1. The molecule has 0 aliphatic heterocycles. The standard InChI is InChI=1S/C25H25ClF2O2/c1-2-15-3-4-17-12-18(6-5-16(17)11-15)24-22(27)13-19(14-23(24)28)25(29)30-21-9-7-20(26)8-10-21/h2,7-10,13-18H,1,3-6,11-12H2. The van der Waals surface area contributed by atoms with Crippen molar-refractivity contribution in [2.75, 3.05) is 0 Å². The first-order chi connectivity index (χ1) is 14.4. The third-order valence-electron chi connectivity index (χ3n) is 6.73. The van der Waals surface area contributed by atoms with E-state index in [1.165, 1.54) is 12.1 Å². The Morgan fingerprint density at radius 1 is 1.00 bits per heavy atom. The van der Waals surface area contributed by atoms with Crippen molar-refractivity contribution in [2.45, 2.75) is 44.4 Å². The molecule has 2 aromatic rings. The number of halogens is 3. The average molecular weight is 431 g/mol. The van der Waals surface area contributed by atoms with Crippen LogP contribution in [-0.4, -0.2) is 5.97 Å². The van der Waals surface area contributed by atoms with Gasteiger partial charge in [-0.1, -0.05) is 17.7 Å². The number of benzene rings is 2. The van der Waals surface area contributed by atoms with Crippen LogP contribution in [0, 0.1) is 29.4 Å². The average Bonchev–Trinajstić information content (AvgIpc) is 2.74. The Balaban J connectivity index is 1.48. The zero-order valence-electron chi connectivity index (χ0n) is 16.8. The van der Waals surface area contributed by atoms with Gasteiger partial charge in [-0.05, 0) is 98.6 Å². The number of esters is 1. The molecule has 4 unspecified atom stereocenters. The Labute approximate surface area is 180 Å². The van der Waals surface area contributed by atoms with Gasteiger partial charge in [-0.3, -0.25) is 0 Å². The van der Waals surface area contributed by atoms with Gasteiger partial charge in [-0.15, -0.1) is 6.58 Å². The van der Waals surface area contributed by atoms with E-state index in [4.69, 9.17) is 16.3 Å². The number of rotatable bonds is 4. The van der Waals surface area contributed by atoms with Crippen LogP contribution >= 0.6 is 11.6 Å². The maximum absolute atomic E-state index is 14.9. The molecule has 2 aliphatic carbocycles. The Morgan fingerprint density at radius 3 is 2.30 bits per heavy atom. The van der Waals surface area contributed by atoms with Crippen molar-refractivity contribution in [3.8, 4) is 5.75 Å². The van der Waals surface area contributed by atoms with Crippen LogP contribution < -0.4 is 4.74 Å². The molecule has 4 atom stereocenters. The minimum atomic E-state index is -0.798. The fraction of sp³-hybridized carbons (Fsp3) is 0.400. The lowest BCUT2D eigenvalue weighted by Crippen LogP contribution is -2.30. The maximum Gasteiger partial charge on any atom is 0.343 e. The van der Waals surface area contributed by atoms with Crippen LogP contribution in [0.1, 0.15) is 60.4 Å². The molecule has 2 aromatic carbocycles. The van der Waals surface area contributed by atoms with Gasteiger partial charge < -0.3 is 4.74 Å². The van der Waals surface area contributed by atoms with E-state index in [1.54, 1.807) is 12.1 Å². The second-order valence-corrected chi connectivity index (χ2v) is 8.97. The van der Waals surface area contributed by atoms with Crippen LogP contribution in [0.2, 0.25) is 5.02 Å². The molecule has 0 amide bonds. The largest absolute Gasteiger partial charge is 0.423 e. The Bertz CT molecular complexity index is 918. The third-order valence-corrected chi connectivity index (χ3v) is 6.99. The van der Waals surface area contributed by atoms with Gasteiger partial charge in [-0.2, -0.15) is 0 Å². The van der Waals surface area contributed by atoms with Crippen LogP contribution in [0.4, 0.5) is 8.78 Å². The minimum absolute atomic E-state index is 0.113. The first-order valence-electron chi connectivity index (χ1n) is 10.5. The lowest BCUT2D eigenvalue weighted by atomic mass is 9.64. The van der Waals surface area contributed by atoms with Crippen molar-refractivity contribution in [3.05, 3.63) is 76.8 Å². The topological polar surface area (TPSA) is 26.3 Å². The molecular weight excluding hydrogens is 406 g/mol. The Hall–Kier alpha value is -2.20. The van der Waals surface area contributed by atoms with E-state index in [2.05, 4.69) is 6.58 Å². The maximum atomic E-state index is 14.9. The molecule has 4 rings (SSSR count). The smallest absolute Gasteiger partial charge is 0.343 e.